The number of primary amides is 1. The Hall–Kier alpha value is -4.03. The highest BCUT2D eigenvalue weighted by atomic mass is 35.5. The number of hydrogen-bond donors (Lipinski definition) is 4. The minimum atomic E-state index is -4.00. The highest BCUT2D eigenvalue weighted by molar-refractivity contribution is 7.92. The Morgan fingerprint density at radius 2 is 1.72 bits per heavy atom. The van der Waals surface area contributed by atoms with E-state index in [1.807, 2.05) is 6.92 Å². The van der Waals surface area contributed by atoms with E-state index in [2.05, 4.69) is 16.0 Å². The second kappa shape index (κ2) is 14.4. The van der Waals surface area contributed by atoms with Crippen molar-refractivity contribution in [2.75, 3.05) is 25.5 Å². The number of carbonyl (C=O) groups excluding carboxylic acids is 1. The second-order valence-corrected chi connectivity index (χ2v) is 14.4. The van der Waals surface area contributed by atoms with Gasteiger partial charge in [-0.15, -0.1) is 0 Å². The highest BCUT2D eigenvalue weighted by Crippen LogP contribution is 2.36. The number of ether oxygens (including phenoxy) is 1. The van der Waals surface area contributed by atoms with Gasteiger partial charge >= 0.3 is 0 Å². The standard InChI is InChI=1S/C35H37ClF2N4O4S/c1-22-20-40-21-35(42-22,47(44,45)28-14-12-27(46-2)13-15-28)17-16-29-30(38)10-5-11-31(29)41-33(34(39)43)32(23-6-3-8-25(36)18-23)24-7-4-9-26(37)19-24/h3-15,18-19,22,32-33,40-42H,16-17,20-21H2,1-2H3,(H2,39,43)/t22-,32-,33-,35-/m0/s1. The number of carbonyl (C=O) groups is 1. The zero-order valence-electron chi connectivity index (χ0n) is 26.0. The molecule has 4 atom stereocenters. The van der Waals surface area contributed by atoms with E-state index in [1.54, 1.807) is 48.5 Å². The summed E-state index contributed by atoms with van der Waals surface area (Å²) < 4.78 is 63.8. The van der Waals surface area contributed by atoms with Gasteiger partial charge in [-0.2, -0.15) is 0 Å². The molecule has 0 bridgehead atoms. The topological polar surface area (TPSA) is 123 Å². The fraction of sp³-hybridized carbons (Fsp3) is 0.286. The van der Waals surface area contributed by atoms with Gasteiger partial charge in [0, 0.05) is 41.3 Å². The molecule has 1 amide bonds. The van der Waals surface area contributed by atoms with Crippen molar-refractivity contribution < 1.29 is 26.7 Å². The summed E-state index contributed by atoms with van der Waals surface area (Å²) in [5, 5.41) is 10.1. The molecular formula is C35H37ClF2N4O4S. The molecule has 8 nitrogen and oxygen atoms in total. The maximum atomic E-state index is 15.7. The highest BCUT2D eigenvalue weighted by Gasteiger charge is 2.47. The second-order valence-electron chi connectivity index (χ2n) is 11.7. The van der Waals surface area contributed by atoms with Crippen LogP contribution in [0.2, 0.25) is 5.02 Å². The Labute approximate surface area is 278 Å². The molecule has 0 spiro atoms. The number of hydrogen-bond acceptors (Lipinski definition) is 7. The van der Waals surface area contributed by atoms with Crippen molar-refractivity contribution in [3.05, 3.63) is 124 Å². The van der Waals surface area contributed by atoms with Gasteiger partial charge in [0.1, 0.15) is 28.3 Å². The lowest BCUT2D eigenvalue weighted by atomic mass is 9.84. The molecular weight excluding hydrogens is 646 g/mol. The van der Waals surface area contributed by atoms with E-state index in [-0.39, 0.29) is 41.6 Å². The van der Waals surface area contributed by atoms with Crippen LogP contribution < -0.4 is 26.4 Å². The van der Waals surface area contributed by atoms with E-state index < -0.39 is 44.2 Å². The number of methoxy groups -OCH3 is 1. The van der Waals surface area contributed by atoms with Gasteiger partial charge in [-0.25, -0.2) is 17.2 Å². The van der Waals surface area contributed by atoms with Gasteiger partial charge in [-0.3, -0.25) is 10.1 Å². The number of amides is 1. The Morgan fingerprint density at radius 1 is 1.04 bits per heavy atom. The van der Waals surface area contributed by atoms with Crippen molar-refractivity contribution in [2.24, 2.45) is 5.73 Å². The van der Waals surface area contributed by atoms with E-state index in [9.17, 15) is 17.6 Å². The molecule has 0 saturated carbocycles. The van der Waals surface area contributed by atoms with Gasteiger partial charge in [-0.05, 0) is 91.6 Å². The van der Waals surface area contributed by atoms with Gasteiger partial charge < -0.3 is 21.1 Å². The summed E-state index contributed by atoms with van der Waals surface area (Å²) in [4.78, 5) is 11.7. The molecule has 4 aromatic carbocycles. The molecule has 12 heteroatoms. The van der Waals surface area contributed by atoms with Crippen molar-refractivity contribution in [3.63, 3.8) is 0 Å². The van der Waals surface area contributed by atoms with E-state index in [0.717, 1.165) is 0 Å². The predicted molar refractivity (Wildman–Crippen MR) is 179 cm³/mol. The largest absolute Gasteiger partial charge is 0.497 e. The van der Waals surface area contributed by atoms with Crippen LogP contribution in [-0.4, -0.2) is 51.5 Å². The number of piperazine rings is 1. The Bertz CT molecular complexity index is 1800. The summed E-state index contributed by atoms with van der Waals surface area (Å²) in [6.45, 7) is 2.52. The molecule has 1 saturated heterocycles. The van der Waals surface area contributed by atoms with Crippen molar-refractivity contribution in [1.29, 1.82) is 0 Å². The van der Waals surface area contributed by atoms with Gasteiger partial charge in [0.05, 0.1) is 12.0 Å². The van der Waals surface area contributed by atoms with Gasteiger partial charge in [0.25, 0.3) is 0 Å². The molecule has 4 aromatic rings. The Kier molecular flexibility index (Phi) is 10.5. The monoisotopic (exact) mass is 682 g/mol. The summed E-state index contributed by atoms with van der Waals surface area (Å²) in [6, 6.07) is 21.8. The fourth-order valence-corrected chi connectivity index (χ4v) is 8.39. The average Bonchev–Trinajstić information content (AvgIpc) is 3.04. The number of anilines is 1. The first-order valence-corrected chi connectivity index (χ1v) is 17.0. The third kappa shape index (κ3) is 7.43. The molecule has 0 aromatic heterocycles. The van der Waals surface area contributed by atoms with Crippen molar-refractivity contribution in [2.45, 2.75) is 47.5 Å². The Morgan fingerprint density at radius 3 is 2.36 bits per heavy atom. The maximum Gasteiger partial charge on any atom is 0.240 e. The number of halogens is 3. The number of nitrogens with one attached hydrogen (secondary N) is 3. The van der Waals surface area contributed by atoms with E-state index >= 15 is 4.39 Å². The van der Waals surface area contributed by atoms with Gasteiger partial charge in [-0.1, -0.05) is 41.9 Å². The fourth-order valence-electron chi connectivity index (χ4n) is 6.23. The quantitative estimate of drug-likeness (QED) is 0.158. The maximum absolute atomic E-state index is 15.7. The summed E-state index contributed by atoms with van der Waals surface area (Å²) in [5.74, 6) is -2.14. The van der Waals surface area contributed by atoms with Crippen molar-refractivity contribution >= 4 is 33.0 Å². The SMILES string of the molecule is COc1ccc(S(=O)(=O)[C@@]2(CCc3c(F)cccc3N[C@H](C(N)=O)[C@H](c3cccc(F)c3)c3cccc(Cl)c3)CNC[C@H](C)N2)cc1. The predicted octanol–water partition coefficient (Wildman–Crippen LogP) is 5.41. The smallest absolute Gasteiger partial charge is 0.240 e. The van der Waals surface area contributed by atoms with Crippen molar-refractivity contribution in [3.8, 4) is 5.75 Å². The van der Waals surface area contributed by atoms with Crippen LogP contribution in [0.15, 0.2) is 95.9 Å². The normalized spacial score (nSPS) is 19.5. The summed E-state index contributed by atoms with van der Waals surface area (Å²) in [5.41, 5.74) is 7.44. The Balaban J connectivity index is 1.52. The first kappa shape index (κ1) is 34.3. The lowest BCUT2D eigenvalue weighted by Crippen LogP contribution is -2.66. The molecule has 248 valence electrons. The number of benzene rings is 4. The van der Waals surface area contributed by atoms with Crippen LogP contribution >= 0.6 is 11.6 Å². The van der Waals surface area contributed by atoms with Gasteiger partial charge in [0.15, 0.2) is 9.84 Å². The van der Waals surface area contributed by atoms with Crippen LogP contribution in [0.3, 0.4) is 0 Å². The lowest BCUT2D eigenvalue weighted by Gasteiger charge is -2.41. The molecule has 0 unspecified atom stereocenters. The summed E-state index contributed by atoms with van der Waals surface area (Å²) >= 11 is 6.31. The first-order valence-electron chi connectivity index (χ1n) is 15.2. The molecule has 5 N–H and O–H groups in total. The minimum Gasteiger partial charge on any atom is -0.497 e. The molecule has 47 heavy (non-hydrogen) atoms. The van der Waals surface area contributed by atoms with Crippen LogP contribution in [-0.2, 0) is 21.1 Å². The molecule has 1 heterocycles. The summed E-state index contributed by atoms with van der Waals surface area (Å²) in [6.07, 6.45) is -0.0176. The molecule has 5 rings (SSSR count). The summed E-state index contributed by atoms with van der Waals surface area (Å²) in [7, 11) is -2.50. The van der Waals surface area contributed by atoms with Crippen LogP contribution in [0, 0.1) is 11.6 Å². The molecule has 0 radical (unpaired) electrons. The molecule has 1 aliphatic rings. The van der Waals surface area contributed by atoms with Crippen LogP contribution in [0.1, 0.15) is 36.0 Å². The van der Waals surface area contributed by atoms with Crippen LogP contribution in [0.4, 0.5) is 14.5 Å². The molecule has 0 aliphatic carbocycles. The van der Waals surface area contributed by atoms with Crippen LogP contribution in [0.25, 0.3) is 0 Å². The molecule has 1 fully saturated rings. The van der Waals surface area contributed by atoms with E-state index in [4.69, 9.17) is 22.1 Å². The lowest BCUT2D eigenvalue weighted by molar-refractivity contribution is -0.119. The number of nitrogens with two attached hydrogens (primary N) is 1. The third-order valence-electron chi connectivity index (χ3n) is 8.52. The minimum absolute atomic E-state index is 0.00281. The average molecular weight is 683 g/mol. The van der Waals surface area contributed by atoms with E-state index in [0.29, 0.717) is 28.4 Å². The van der Waals surface area contributed by atoms with Gasteiger partial charge in [0.2, 0.25) is 5.91 Å². The number of rotatable bonds is 12. The molecule has 1 aliphatic heterocycles. The zero-order valence-corrected chi connectivity index (χ0v) is 27.5. The third-order valence-corrected chi connectivity index (χ3v) is 11.1. The first-order chi connectivity index (χ1) is 22.4. The number of sulfone groups is 1. The van der Waals surface area contributed by atoms with Crippen molar-refractivity contribution in [1.82, 2.24) is 10.6 Å². The zero-order chi connectivity index (χ0) is 33.8. The van der Waals surface area contributed by atoms with Crippen LogP contribution in [0.5, 0.6) is 5.75 Å². The van der Waals surface area contributed by atoms with E-state index in [1.165, 1.54) is 49.6 Å².